The molecule has 0 fully saturated rings. The number of amides is 1. The maximum Gasteiger partial charge on any atom is 0.275 e. The van der Waals surface area contributed by atoms with Gasteiger partial charge in [-0.05, 0) is 42.7 Å². The van der Waals surface area contributed by atoms with Gasteiger partial charge in [0.2, 0.25) is 0 Å². The minimum atomic E-state index is -0.0521. The highest BCUT2D eigenvalue weighted by Gasteiger charge is 2.32. The van der Waals surface area contributed by atoms with Crippen LogP contribution in [-0.4, -0.2) is 31.9 Å². The highest BCUT2D eigenvalue weighted by atomic mass is 16.5. The monoisotopic (exact) mass is 346 g/mol. The van der Waals surface area contributed by atoms with Crippen molar-refractivity contribution in [1.29, 1.82) is 0 Å². The molecule has 6 nitrogen and oxygen atoms in total. The number of fused-ring (bicyclic) bond motifs is 4. The van der Waals surface area contributed by atoms with Gasteiger partial charge in [-0.3, -0.25) is 14.3 Å². The molecule has 2 aliphatic rings. The Labute approximate surface area is 151 Å². The van der Waals surface area contributed by atoms with Crippen molar-refractivity contribution in [1.82, 2.24) is 19.4 Å². The smallest absolute Gasteiger partial charge is 0.275 e. The SMILES string of the molecule is CC1c2cnccc2CCN1C(=O)c1ncn2c1COc1ccccc1-2. The van der Waals surface area contributed by atoms with Gasteiger partial charge in [0.05, 0.1) is 17.4 Å². The van der Waals surface area contributed by atoms with Crippen molar-refractivity contribution in [3.05, 3.63) is 71.6 Å². The van der Waals surface area contributed by atoms with Gasteiger partial charge in [-0.2, -0.15) is 0 Å². The molecule has 0 aliphatic carbocycles. The molecule has 4 heterocycles. The van der Waals surface area contributed by atoms with E-state index < -0.39 is 0 Å². The number of hydrogen-bond donors (Lipinski definition) is 0. The fourth-order valence-electron chi connectivity index (χ4n) is 3.88. The summed E-state index contributed by atoms with van der Waals surface area (Å²) in [5.41, 5.74) is 4.57. The first-order valence-electron chi connectivity index (χ1n) is 8.76. The van der Waals surface area contributed by atoms with Crippen LogP contribution in [0.3, 0.4) is 0 Å². The molecule has 1 atom stereocenters. The number of aromatic nitrogens is 3. The summed E-state index contributed by atoms with van der Waals surface area (Å²) in [6.45, 7) is 3.07. The molecule has 130 valence electrons. The molecule has 3 aromatic rings. The number of imidazole rings is 1. The van der Waals surface area contributed by atoms with Crippen LogP contribution < -0.4 is 4.74 Å². The fraction of sp³-hybridized carbons (Fsp3) is 0.250. The van der Waals surface area contributed by atoms with Crippen molar-refractivity contribution in [2.45, 2.75) is 26.0 Å². The molecule has 1 aromatic carbocycles. The van der Waals surface area contributed by atoms with E-state index in [-0.39, 0.29) is 11.9 Å². The van der Waals surface area contributed by atoms with Gasteiger partial charge >= 0.3 is 0 Å². The number of nitrogens with zero attached hydrogens (tertiary/aromatic N) is 4. The Hall–Kier alpha value is -3.15. The van der Waals surface area contributed by atoms with Crippen LogP contribution in [0.1, 0.15) is 40.3 Å². The number of ether oxygens (including phenoxy) is 1. The minimum absolute atomic E-state index is 0.0194. The molecular weight excluding hydrogens is 328 g/mol. The average molecular weight is 346 g/mol. The summed E-state index contributed by atoms with van der Waals surface area (Å²) in [6, 6.07) is 9.81. The van der Waals surface area contributed by atoms with Crippen molar-refractivity contribution < 1.29 is 9.53 Å². The first-order chi connectivity index (χ1) is 12.7. The number of carbonyl (C=O) groups excluding carboxylic acids is 1. The van der Waals surface area contributed by atoms with E-state index in [0.29, 0.717) is 18.8 Å². The van der Waals surface area contributed by atoms with E-state index in [1.54, 1.807) is 6.33 Å². The molecule has 6 heteroatoms. The second-order valence-corrected chi connectivity index (χ2v) is 6.67. The lowest BCUT2D eigenvalue weighted by Gasteiger charge is -2.34. The summed E-state index contributed by atoms with van der Waals surface area (Å²) < 4.78 is 7.78. The Morgan fingerprint density at radius 1 is 1.27 bits per heavy atom. The van der Waals surface area contributed by atoms with E-state index in [1.807, 2.05) is 59.1 Å². The van der Waals surface area contributed by atoms with Crippen molar-refractivity contribution >= 4 is 5.91 Å². The third-order valence-corrected chi connectivity index (χ3v) is 5.30. The summed E-state index contributed by atoms with van der Waals surface area (Å²) in [4.78, 5) is 23.8. The average Bonchev–Trinajstić information content (AvgIpc) is 3.13. The van der Waals surface area contributed by atoms with Crippen LogP contribution in [0.15, 0.2) is 49.1 Å². The molecule has 0 saturated carbocycles. The molecule has 0 N–H and O–H groups in total. The maximum atomic E-state index is 13.2. The molecule has 1 unspecified atom stereocenters. The van der Waals surface area contributed by atoms with Crippen LogP contribution in [0.5, 0.6) is 5.75 Å². The fourth-order valence-corrected chi connectivity index (χ4v) is 3.88. The first-order valence-corrected chi connectivity index (χ1v) is 8.76. The van der Waals surface area contributed by atoms with Crippen LogP contribution in [0.2, 0.25) is 0 Å². The lowest BCUT2D eigenvalue weighted by molar-refractivity contribution is 0.0668. The third kappa shape index (κ3) is 2.15. The van der Waals surface area contributed by atoms with E-state index in [9.17, 15) is 4.79 Å². The molecule has 0 bridgehead atoms. The van der Waals surface area contributed by atoms with Gasteiger partial charge in [0.25, 0.3) is 5.91 Å². The lowest BCUT2D eigenvalue weighted by atomic mass is 9.95. The highest BCUT2D eigenvalue weighted by Crippen LogP contribution is 2.33. The summed E-state index contributed by atoms with van der Waals surface area (Å²) >= 11 is 0. The lowest BCUT2D eigenvalue weighted by Crippen LogP contribution is -2.39. The summed E-state index contributed by atoms with van der Waals surface area (Å²) in [5, 5.41) is 0. The Balaban J connectivity index is 1.51. The zero-order valence-corrected chi connectivity index (χ0v) is 14.4. The highest BCUT2D eigenvalue weighted by molar-refractivity contribution is 5.94. The number of para-hydroxylation sites is 2. The largest absolute Gasteiger partial charge is 0.485 e. The number of carbonyl (C=O) groups is 1. The quantitative estimate of drug-likeness (QED) is 0.680. The molecule has 26 heavy (non-hydrogen) atoms. The van der Waals surface area contributed by atoms with Gasteiger partial charge in [-0.25, -0.2) is 4.98 Å². The second kappa shape index (κ2) is 5.69. The van der Waals surface area contributed by atoms with Gasteiger partial charge in [-0.1, -0.05) is 12.1 Å². The van der Waals surface area contributed by atoms with Gasteiger partial charge < -0.3 is 9.64 Å². The van der Waals surface area contributed by atoms with Crippen LogP contribution in [0.25, 0.3) is 5.69 Å². The summed E-state index contributed by atoms with van der Waals surface area (Å²) in [6.07, 6.45) is 6.22. The van der Waals surface area contributed by atoms with Crippen LogP contribution >= 0.6 is 0 Å². The van der Waals surface area contributed by atoms with Crippen LogP contribution in [0.4, 0.5) is 0 Å². The van der Waals surface area contributed by atoms with E-state index in [1.165, 1.54) is 5.56 Å². The Kier molecular flexibility index (Phi) is 3.31. The number of pyridine rings is 1. The van der Waals surface area contributed by atoms with Crippen LogP contribution in [0, 0.1) is 0 Å². The standard InChI is InChI=1S/C20H18N4O2/c1-13-15-10-21-8-6-14(15)7-9-23(13)20(25)19-17-11-26-18-5-3-2-4-16(18)24(17)12-22-19/h2-6,8,10,12-13H,7,9,11H2,1H3. The molecule has 0 saturated heterocycles. The van der Waals surface area contributed by atoms with Gasteiger partial charge in [-0.15, -0.1) is 0 Å². The van der Waals surface area contributed by atoms with Crippen molar-refractivity contribution in [2.24, 2.45) is 0 Å². The van der Waals surface area contributed by atoms with E-state index in [4.69, 9.17) is 4.74 Å². The number of hydrogen-bond acceptors (Lipinski definition) is 4. The van der Waals surface area contributed by atoms with Gasteiger partial charge in [0.1, 0.15) is 18.7 Å². The van der Waals surface area contributed by atoms with Crippen molar-refractivity contribution in [2.75, 3.05) is 6.54 Å². The zero-order chi connectivity index (χ0) is 17.7. The summed E-state index contributed by atoms with van der Waals surface area (Å²) in [7, 11) is 0. The maximum absolute atomic E-state index is 13.2. The first kappa shape index (κ1) is 15.1. The topological polar surface area (TPSA) is 60.2 Å². The summed E-state index contributed by atoms with van der Waals surface area (Å²) in [5.74, 6) is 0.756. The predicted molar refractivity (Wildman–Crippen MR) is 95.3 cm³/mol. The minimum Gasteiger partial charge on any atom is -0.485 e. The third-order valence-electron chi connectivity index (χ3n) is 5.30. The van der Waals surface area contributed by atoms with Gasteiger partial charge in [0, 0.05) is 18.9 Å². The number of rotatable bonds is 1. The molecule has 0 spiro atoms. The molecule has 5 rings (SSSR count). The zero-order valence-electron chi connectivity index (χ0n) is 14.4. The van der Waals surface area contributed by atoms with Crippen molar-refractivity contribution in [3.63, 3.8) is 0 Å². The van der Waals surface area contributed by atoms with Crippen molar-refractivity contribution in [3.8, 4) is 11.4 Å². The van der Waals surface area contributed by atoms with E-state index in [2.05, 4.69) is 9.97 Å². The molecular formula is C20H18N4O2. The Morgan fingerprint density at radius 2 is 2.15 bits per heavy atom. The Morgan fingerprint density at radius 3 is 3.08 bits per heavy atom. The second-order valence-electron chi connectivity index (χ2n) is 6.67. The molecule has 2 aliphatic heterocycles. The van der Waals surface area contributed by atoms with E-state index in [0.717, 1.165) is 29.1 Å². The molecule has 1 amide bonds. The predicted octanol–water partition coefficient (Wildman–Crippen LogP) is 2.92. The number of benzene rings is 1. The van der Waals surface area contributed by atoms with E-state index >= 15 is 0 Å². The Bertz CT molecular complexity index is 1010. The normalized spacial score (nSPS) is 17.7. The van der Waals surface area contributed by atoms with Crippen LogP contribution in [-0.2, 0) is 13.0 Å². The molecule has 0 radical (unpaired) electrons. The van der Waals surface area contributed by atoms with Gasteiger partial charge in [0.15, 0.2) is 5.69 Å². The molecule has 2 aromatic heterocycles.